The molecule has 0 saturated carbocycles. The van der Waals surface area contributed by atoms with E-state index in [1.807, 2.05) is 13.0 Å². The van der Waals surface area contributed by atoms with Gasteiger partial charge in [-0.1, -0.05) is 0 Å². The van der Waals surface area contributed by atoms with Gasteiger partial charge in [0, 0.05) is 19.2 Å². The van der Waals surface area contributed by atoms with Crippen LogP contribution in [0.15, 0.2) is 6.07 Å². The molecule has 1 fully saturated rings. The number of ether oxygens (including phenoxy) is 1. The first kappa shape index (κ1) is 12.0. The summed E-state index contributed by atoms with van der Waals surface area (Å²) in [7, 11) is 0. The number of rotatable bonds is 4. The third-order valence-corrected chi connectivity index (χ3v) is 2.96. The van der Waals surface area contributed by atoms with Gasteiger partial charge in [0.05, 0.1) is 19.3 Å². The Balaban J connectivity index is 1.91. The Morgan fingerprint density at radius 2 is 2.31 bits per heavy atom. The average Bonchev–Trinajstić information content (AvgIpc) is 2.14. The van der Waals surface area contributed by atoms with Crippen LogP contribution in [0, 0.1) is 10.6 Å². The maximum Gasteiger partial charge on any atom is 0.133 e. The standard InChI is InChI=1S/C10H14IN3O2/c1-7-12-9(11)4-10(13-7)14-5-8(6-14)16-3-2-15/h4,8,15H,2-3,5-6H2,1H3. The molecule has 1 N–H and O–H groups in total. The second kappa shape index (κ2) is 5.24. The van der Waals surface area contributed by atoms with Crippen molar-refractivity contribution in [3.63, 3.8) is 0 Å². The summed E-state index contributed by atoms with van der Waals surface area (Å²) in [5.74, 6) is 1.75. The monoisotopic (exact) mass is 335 g/mol. The fourth-order valence-electron chi connectivity index (χ4n) is 1.63. The zero-order chi connectivity index (χ0) is 11.5. The fourth-order valence-corrected chi connectivity index (χ4v) is 2.26. The Morgan fingerprint density at radius 3 is 2.94 bits per heavy atom. The molecular weight excluding hydrogens is 321 g/mol. The van der Waals surface area contributed by atoms with E-state index in [-0.39, 0.29) is 12.7 Å². The van der Waals surface area contributed by atoms with E-state index in [2.05, 4.69) is 37.5 Å². The maximum absolute atomic E-state index is 8.63. The van der Waals surface area contributed by atoms with Crippen LogP contribution in [-0.4, -0.2) is 47.5 Å². The molecular formula is C10H14IN3O2. The van der Waals surface area contributed by atoms with Gasteiger partial charge in [-0.05, 0) is 29.5 Å². The predicted octanol–water partition coefficient (Wildman–Crippen LogP) is 0.587. The number of aromatic nitrogens is 2. The summed E-state index contributed by atoms with van der Waals surface area (Å²) in [6, 6.07) is 1.97. The molecule has 2 heterocycles. The summed E-state index contributed by atoms with van der Waals surface area (Å²) >= 11 is 2.19. The molecule has 1 saturated heterocycles. The molecule has 0 radical (unpaired) electrons. The molecule has 0 unspecified atom stereocenters. The number of hydrogen-bond acceptors (Lipinski definition) is 5. The number of hydrogen-bond donors (Lipinski definition) is 1. The Labute approximate surface area is 108 Å². The number of anilines is 1. The van der Waals surface area contributed by atoms with E-state index in [4.69, 9.17) is 9.84 Å². The molecule has 2 rings (SSSR count). The second-order valence-corrected chi connectivity index (χ2v) is 4.82. The lowest BCUT2D eigenvalue weighted by Crippen LogP contribution is -2.53. The van der Waals surface area contributed by atoms with Gasteiger partial charge in [-0.2, -0.15) is 0 Å². The van der Waals surface area contributed by atoms with Gasteiger partial charge in [0.2, 0.25) is 0 Å². The number of aliphatic hydroxyl groups excluding tert-OH is 1. The van der Waals surface area contributed by atoms with Crippen LogP contribution in [0.4, 0.5) is 5.82 Å². The Kier molecular flexibility index (Phi) is 3.93. The van der Waals surface area contributed by atoms with Gasteiger partial charge < -0.3 is 14.7 Å². The molecule has 0 aliphatic carbocycles. The number of halogens is 1. The zero-order valence-corrected chi connectivity index (χ0v) is 11.2. The molecule has 1 aromatic heterocycles. The number of aliphatic hydroxyl groups is 1. The molecule has 1 aliphatic heterocycles. The van der Waals surface area contributed by atoms with Gasteiger partial charge in [-0.15, -0.1) is 0 Å². The highest BCUT2D eigenvalue weighted by molar-refractivity contribution is 14.1. The molecule has 0 amide bonds. The minimum Gasteiger partial charge on any atom is -0.394 e. The molecule has 88 valence electrons. The van der Waals surface area contributed by atoms with Crippen LogP contribution in [0.2, 0.25) is 0 Å². The van der Waals surface area contributed by atoms with Crippen LogP contribution in [0.25, 0.3) is 0 Å². The quantitative estimate of drug-likeness (QED) is 0.645. The topological polar surface area (TPSA) is 58.5 Å². The van der Waals surface area contributed by atoms with E-state index < -0.39 is 0 Å². The summed E-state index contributed by atoms with van der Waals surface area (Å²) in [6.07, 6.45) is 0.222. The van der Waals surface area contributed by atoms with Gasteiger partial charge >= 0.3 is 0 Å². The van der Waals surface area contributed by atoms with Crippen molar-refractivity contribution < 1.29 is 9.84 Å². The minimum atomic E-state index is 0.0843. The second-order valence-electron chi connectivity index (χ2n) is 3.72. The predicted molar refractivity (Wildman–Crippen MR) is 68.5 cm³/mol. The summed E-state index contributed by atoms with van der Waals surface area (Å²) in [4.78, 5) is 10.8. The lowest BCUT2D eigenvalue weighted by atomic mass is 10.1. The van der Waals surface area contributed by atoms with Gasteiger partial charge in [0.1, 0.15) is 15.3 Å². The molecule has 6 heteroatoms. The van der Waals surface area contributed by atoms with Gasteiger partial charge in [-0.25, -0.2) is 9.97 Å². The molecule has 1 aliphatic rings. The maximum atomic E-state index is 8.63. The van der Waals surface area contributed by atoms with E-state index >= 15 is 0 Å². The molecule has 0 bridgehead atoms. The summed E-state index contributed by atoms with van der Waals surface area (Å²) < 4.78 is 6.36. The highest BCUT2D eigenvalue weighted by atomic mass is 127. The van der Waals surface area contributed by atoms with E-state index in [0.29, 0.717) is 6.61 Å². The van der Waals surface area contributed by atoms with Crippen LogP contribution in [0.5, 0.6) is 0 Å². The molecule has 0 aromatic carbocycles. The van der Waals surface area contributed by atoms with Gasteiger partial charge in [0.25, 0.3) is 0 Å². The Hall–Kier alpha value is -0.470. The van der Waals surface area contributed by atoms with E-state index in [9.17, 15) is 0 Å². The highest BCUT2D eigenvalue weighted by Gasteiger charge is 2.28. The van der Waals surface area contributed by atoms with Crippen molar-refractivity contribution in [2.75, 3.05) is 31.2 Å². The van der Waals surface area contributed by atoms with Crippen LogP contribution < -0.4 is 4.90 Å². The third-order valence-electron chi connectivity index (χ3n) is 2.41. The van der Waals surface area contributed by atoms with Crippen molar-refractivity contribution in [2.24, 2.45) is 0 Å². The van der Waals surface area contributed by atoms with Gasteiger partial charge in [0.15, 0.2) is 0 Å². The van der Waals surface area contributed by atoms with Crippen molar-refractivity contribution in [2.45, 2.75) is 13.0 Å². The lowest BCUT2D eigenvalue weighted by Gasteiger charge is -2.39. The summed E-state index contributed by atoms with van der Waals surface area (Å²) in [6.45, 7) is 4.07. The van der Waals surface area contributed by atoms with Crippen LogP contribution in [0.1, 0.15) is 5.82 Å². The van der Waals surface area contributed by atoms with Crippen molar-refractivity contribution in [1.29, 1.82) is 0 Å². The first-order chi connectivity index (χ1) is 7.69. The minimum absolute atomic E-state index is 0.0843. The molecule has 0 spiro atoms. The number of aryl methyl sites for hydroxylation is 1. The van der Waals surface area contributed by atoms with E-state index in [1.54, 1.807) is 0 Å². The molecule has 5 nitrogen and oxygen atoms in total. The van der Waals surface area contributed by atoms with Crippen molar-refractivity contribution >= 4 is 28.4 Å². The molecule has 16 heavy (non-hydrogen) atoms. The van der Waals surface area contributed by atoms with Crippen molar-refractivity contribution in [3.8, 4) is 0 Å². The zero-order valence-electron chi connectivity index (χ0n) is 9.06. The average molecular weight is 335 g/mol. The smallest absolute Gasteiger partial charge is 0.133 e. The van der Waals surface area contributed by atoms with Crippen molar-refractivity contribution in [1.82, 2.24) is 9.97 Å². The Morgan fingerprint density at radius 1 is 1.56 bits per heavy atom. The summed E-state index contributed by atoms with van der Waals surface area (Å²) in [5.41, 5.74) is 0. The van der Waals surface area contributed by atoms with E-state index in [1.165, 1.54) is 0 Å². The first-order valence-corrected chi connectivity index (χ1v) is 6.25. The van der Waals surface area contributed by atoms with Crippen molar-refractivity contribution in [3.05, 3.63) is 15.6 Å². The largest absolute Gasteiger partial charge is 0.394 e. The van der Waals surface area contributed by atoms with Crippen LogP contribution in [-0.2, 0) is 4.74 Å². The molecule has 1 aromatic rings. The fraction of sp³-hybridized carbons (Fsp3) is 0.600. The normalized spacial score (nSPS) is 16.3. The highest BCUT2D eigenvalue weighted by Crippen LogP contribution is 2.21. The summed E-state index contributed by atoms with van der Waals surface area (Å²) in [5, 5.41) is 8.63. The lowest BCUT2D eigenvalue weighted by molar-refractivity contribution is 0.0132. The molecule has 0 atom stereocenters. The third kappa shape index (κ3) is 2.80. The van der Waals surface area contributed by atoms with Gasteiger partial charge in [-0.3, -0.25) is 0 Å². The Bertz CT molecular complexity index is 349. The first-order valence-electron chi connectivity index (χ1n) is 5.17. The SMILES string of the molecule is Cc1nc(I)cc(N2CC(OCCO)C2)n1. The number of nitrogens with zero attached hydrogens (tertiary/aromatic N) is 3. The van der Waals surface area contributed by atoms with Crippen LogP contribution in [0.3, 0.4) is 0 Å². The van der Waals surface area contributed by atoms with E-state index in [0.717, 1.165) is 28.4 Å². The van der Waals surface area contributed by atoms with Crippen LogP contribution >= 0.6 is 22.6 Å².